The molecular weight excluding hydrogens is 435 g/mol. The van der Waals surface area contributed by atoms with Crippen LogP contribution in [0.2, 0.25) is 0 Å². The van der Waals surface area contributed by atoms with E-state index < -0.39 is 24.1 Å². The van der Waals surface area contributed by atoms with Crippen LogP contribution in [0.25, 0.3) is 11.0 Å². The lowest BCUT2D eigenvalue weighted by molar-refractivity contribution is -0.136. The SMILES string of the molecule is CC1(c2cc(COc3cc(C#N)ccc3CC(=O)O)cc3ccoc23)C=CC=C(C(N)CF)C1. The molecule has 0 fully saturated rings. The third-order valence-electron chi connectivity index (χ3n) is 6.15. The third-order valence-corrected chi connectivity index (χ3v) is 6.15. The van der Waals surface area contributed by atoms with Gasteiger partial charge in [-0.05, 0) is 47.9 Å². The Labute approximate surface area is 196 Å². The van der Waals surface area contributed by atoms with Crippen LogP contribution in [0.15, 0.2) is 70.9 Å². The zero-order valence-electron chi connectivity index (χ0n) is 18.8. The molecule has 1 aromatic heterocycles. The number of carboxylic acids is 1. The number of carboxylic acid groups (broad SMARTS) is 1. The Hall–Kier alpha value is -3.89. The number of fused-ring (bicyclic) bond motifs is 1. The molecule has 34 heavy (non-hydrogen) atoms. The molecular formula is C27H25FN2O4. The second kappa shape index (κ2) is 9.54. The smallest absolute Gasteiger partial charge is 0.307 e. The fourth-order valence-corrected chi connectivity index (χ4v) is 4.34. The number of halogens is 1. The van der Waals surface area contributed by atoms with E-state index in [1.807, 2.05) is 30.4 Å². The minimum atomic E-state index is -0.982. The van der Waals surface area contributed by atoms with Crippen LogP contribution in [0.4, 0.5) is 4.39 Å². The van der Waals surface area contributed by atoms with Crippen LogP contribution in [-0.4, -0.2) is 23.8 Å². The van der Waals surface area contributed by atoms with Gasteiger partial charge in [0, 0.05) is 21.9 Å². The third kappa shape index (κ3) is 4.73. The molecule has 0 radical (unpaired) electrons. The maximum atomic E-state index is 13.2. The van der Waals surface area contributed by atoms with Gasteiger partial charge in [0.05, 0.1) is 30.4 Å². The van der Waals surface area contributed by atoms with Crippen LogP contribution in [-0.2, 0) is 23.2 Å². The summed E-state index contributed by atoms with van der Waals surface area (Å²) in [7, 11) is 0. The van der Waals surface area contributed by atoms with Crippen molar-refractivity contribution in [1.82, 2.24) is 0 Å². The monoisotopic (exact) mass is 460 g/mol. The van der Waals surface area contributed by atoms with Crippen LogP contribution in [0, 0.1) is 11.3 Å². The Morgan fingerprint density at radius 2 is 2.18 bits per heavy atom. The lowest BCUT2D eigenvalue weighted by atomic mass is 9.72. The van der Waals surface area contributed by atoms with Gasteiger partial charge in [-0.25, -0.2) is 4.39 Å². The largest absolute Gasteiger partial charge is 0.489 e. The van der Waals surface area contributed by atoms with E-state index in [0.717, 1.165) is 27.7 Å². The van der Waals surface area contributed by atoms with Crippen LogP contribution in [0.3, 0.4) is 0 Å². The van der Waals surface area contributed by atoms with Gasteiger partial charge in [0.1, 0.15) is 24.6 Å². The van der Waals surface area contributed by atoms with Gasteiger partial charge in [-0.15, -0.1) is 0 Å². The van der Waals surface area contributed by atoms with Crippen molar-refractivity contribution < 1.29 is 23.4 Å². The first-order valence-corrected chi connectivity index (χ1v) is 10.9. The van der Waals surface area contributed by atoms with Crippen molar-refractivity contribution in [1.29, 1.82) is 5.26 Å². The Morgan fingerprint density at radius 1 is 1.35 bits per heavy atom. The quantitative estimate of drug-likeness (QED) is 0.492. The second-order valence-corrected chi connectivity index (χ2v) is 8.73. The highest BCUT2D eigenvalue weighted by Gasteiger charge is 2.32. The summed E-state index contributed by atoms with van der Waals surface area (Å²) in [6.45, 7) is 1.60. The van der Waals surface area contributed by atoms with Crippen molar-refractivity contribution in [2.24, 2.45) is 5.73 Å². The van der Waals surface area contributed by atoms with Crippen LogP contribution in [0.5, 0.6) is 5.75 Å². The number of hydrogen-bond acceptors (Lipinski definition) is 5. The number of nitrogens with zero attached hydrogens (tertiary/aromatic N) is 1. The summed E-state index contributed by atoms with van der Waals surface area (Å²) in [6, 6.07) is 11.9. The summed E-state index contributed by atoms with van der Waals surface area (Å²) in [4.78, 5) is 11.2. The van der Waals surface area contributed by atoms with Crippen molar-refractivity contribution in [2.45, 2.75) is 37.8 Å². The molecule has 0 bridgehead atoms. The van der Waals surface area contributed by atoms with Crippen molar-refractivity contribution in [2.75, 3.05) is 6.67 Å². The maximum Gasteiger partial charge on any atom is 0.307 e. The predicted octanol–water partition coefficient (Wildman–Crippen LogP) is 4.95. The number of rotatable bonds is 8. The molecule has 3 aromatic rings. The van der Waals surface area contributed by atoms with E-state index >= 15 is 0 Å². The van der Waals surface area contributed by atoms with Crippen molar-refractivity contribution in [3.63, 3.8) is 0 Å². The molecule has 1 aliphatic rings. The first kappa shape index (κ1) is 23.3. The first-order chi connectivity index (χ1) is 16.3. The van der Waals surface area contributed by atoms with Gasteiger partial charge in [0.2, 0.25) is 0 Å². The van der Waals surface area contributed by atoms with Crippen LogP contribution >= 0.6 is 0 Å². The van der Waals surface area contributed by atoms with Gasteiger partial charge in [-0.2, -0.15) is 5.26 Å². The molecule has 0 saturated carbocycles. The van der Waals surface area contributed by atoms with Gasteiger partial charge in [-0.3, -0.25) is 4.79 Å². The number of hydrogen-bond donors (Lipinski definition) is 2. The highest BCUT2D eigenvalue weighted by molar-refractivity contribution is 5.83. The average Bonchev–Trinajstić information content (AvgIpc) is 3.30. The number of nitriles is 1. The Kier molecular flexibility index (Phi) is 6.53. The molecule has 1 aliphatic carbocycles. The number of benzene rings is 2. The molecule has 174 valence electrons. The number of nitrogens with two attached hydrogens (primary N) is 1. The van der Waals surface area contributed by atoms with Crippen molar-refractivity contribution >= 4 is 16.9 Å². The van der Waals surface area contributed by atoms with E-state index in [0.29, 0.717) is 23.3 Å². The average molecular weight is 461 g/mol. The topological polar surface area (TPSA) is 109 Å². The zero-order valence-corrected chi connectivity index (χ0v) is 18.8. The maximum absolute atomic E-state index is 13.2. The normalized spacial score (nSPS) is 18.4. The van der Waals surface area contributed by atoms with Gasteiger partial charge in [0.15, 0.2) is 0 Å². The van der Waals surface area contributed by atoms with Gasteiger partial charge >= 0.3 is 5.97 Å². The lowest BCUT2D eigenvalue weighted by Gasteiger charge is -2.32. The molecule has 0 amide bonds. The molecule has 2 atom stereocenters. The number of carbonyl (C=O) groups is 1. The second-order valence-electron chi connectivity index (χ2n) is 8.73. The standard InChI is InChI=1S/C27H25FN2O4/c1-27(7-2-3-21(13-27)23(30)14-28)22-10-18(9-20-6-8-33-26(20)22)16-34-24-11-17(15-29)4-5-19(24)12-25(31)32/h2-11,23H,12-14,16,30H2,1H3,(H,31,32). The summed E-state index contributed by atoms with van der Waals surface area (Å²) in [6.07, 6.45) is 7.80. The molecule has 6 nitrogen and oxygen atoms in total. The molecule has 2 unspecified atom stereocenters. The fourth-order valence-electron chi connectivity index (χ4n) is 4.34. The molecule has 2 aromatic carbocycles. The minimum Gasteiger partial charge on any atom is -0.489 e. The highest BCUT2D eigenvalue weighted by atomic mass is 19.1. The summed E-state index contributed by atoms with van der Waals surface area (Å²) in [5.74, 6) is -0.623. The summed E-state index contributed by atoms with van der Waals surface area (Å²) in [5.41, 5.74) is 9.75. The first-order valence-electron chi connectivity index (χ1n) is 10.9. The molecule has 7 heteroatoms. The van der Waals surface area contributed by atoms with E-state index in [-0.39, 0.29) is 13.0 Å². The number of aliphatic carboxylic acids is 1. The van der Waals surface area contributed by atoms with E-state index in [9.17, 15) is 19.6 Å². The Bertz CT molecular complexity index is 1330. The zero-order chi connectivity index (χ0) is 24.3. The van der Waals surface area contributed by atoms with Crippen molar-refractivity contribution in [3.8, 4) is 11.8 Å². The predicted molar refractivity (Wildman–Crippen MR) is 126 cm³/mol. The number of allylic oxidation sites excluding steroid dienone is 3. The van der Waals surface area contributed by atoms with Crippen LogP contribution in [0.1, 0.15) is 35.6 Å². The van der Waals surface area contributed by atoms with E-state index in [1.165, 1.54) is 0 Å². The van der Waals surface area contributed by atoms with Gasteiger partial charge in [-0.1, -0.05) is 31.2 Å². The van der Waals surface area contributed by atoms with Gasteiger partial charge in [0.25, 0.3) is 0 Å². The number of ether oxygens (including phenoxy) is 1. The molecule has 0 spiro atoms. The number of furan rings is 1. The minimum absolute atomic E-state index is 0.169. The van der Waals surface area contributed by atoms with Crippen molar-refractivity contribution in [3.05, 3.63) is 88.7 Å². The summed E-state index contributed by atoms with van der Waals surface area (Å²) >= 11 is 0. The van der Waals surface area contributed by atoms with E-state index in [2.05, 4.69) is 19.1 Å². The number of alkyl halides is 1. The summed E-state index contributed by atoms with van der Waals surface area (Å²) in [5, 5.41) is 19.3. The summed E-state index contributed by atoms with van der Waals surface area (Å²) < 4.78 is 25.0. The lowest BCUT2D eigenvalue weighted by Crippen LogP contribution is -2.31. The van der Waals surface area contributed by atoms with Crippen LogP contribution < -0.4 is 10.5 Å². The molecule has 3 N–H and O–H groups in total. The fraction of sp³-hybridized carbons (Fsp3) is 0.259. The van der Waals surface area contributed by atoms with E-state index in [1.54, 1.807) is 24.5 Å². The van der Waals surface area contributed by atoms with Gasteiger partial charge < -0.3 is 20.0 Å². The van der Waals surface area contributed by atoms with E-state index in [4.69, 9.17) is 14.9 Å². The Morgan fingerprint density at radius 3 is 2.91 bits per heavy atom. The molecule has 0 saturated heterocycles. The highest BCUT2D eigenvalue weighted by Crippen LogP contribution is 2.40. The Balaban J connectivity index is 1.67. The molecule has 1 heterocycles. The molecule has 4 rings (SSSR count). The molecule has 0 aliphatic heterocycles.